The molecule has 3 saturated heterocycles. The standard InChI is InChI=1S/C30H41N3O4S/c1-6-9-17-32(16-8-3)29(37)26-30-20(4)18-23(38-30)24(27(35)31(5)15-7-2)25(30)28(36)33(26)22(19-34)21-13-11-10-12-14-21/h7-8,10-14,20,22-26,34H,2-3,6,9,15-19H2,1,4-5H3/t20?,22-,23+,24-,25+,26?,30?/m1/s1. The van der Waals surface area contributed by atoms with E-state index in [0.29, 0.717) is 19.6 Å². The second kappa shape index (κ2) is 11.7. The van der Waals surface area contributed by atoms with Gasteiger partial charge >= 0.3 is 0 Å². The van der Waals surface area contributed by atoms with Crippen molar-refractivity contribution in [2.75, 3.05) is 33.3 Å². The van der Waals surface area contributed by atoms with Crippen molar-refractivity contribution >= 4 is 29.5 Å². The van der Waals surface area contributed by atoms with Crippen molar-refractivity contribution in [3.8, 4) is 0 Å². The van der Waals surface area contributed by atoms with E-state index in [2.05, 4.69) is 27.0 Å². The summed E-state index contributed by atoms with van der Waals surface area (Å²) in [7, 11) is 1.74. The third-order valence-electron chi connectivity index (χ3n) is 8.62. The summed E-state index contributed by atoms with van der Waals surface area (Å²) in [4.78, 5) is 47.8. The number of nitrogens with zero attached hydrogens (tertiary/aromatic N) is 3. The van der Waals surface area contributed by atoms with Crippen molar-refractivity contribution in [3.05, 3.63) is 61.2 Å². The largest absolute Gasteiger partial charge is 0.394 e. The average molecular weight is 540 g/mol. The molecule has 1 N–H and O–H groups in total. The van der Waals surface area contributed by atoms with E-state index < -0.39 is 28.7 Å². The van der Waals surface area contributed by atoms with E-state index >= 15 is 0 Å². The molecule has 3 aliphatic heterocycles. The smallest absolute Gasteiger partial charge is 0.247 e. The number of amides is 3. The third-order valence-corrected chi connectivity index (χ3v) is 10.7. The van der Waals surface area contributed by atoms with Gasteiger partial charge in [0.25, 0.3) is 0 Å². The van der Waals surface area contributed by atoms with Gasteiger partial charge < -0.3 is 19.8 Å². The van der Waals surface area contributed by atoms with Gasteiger partial charge in [-0.15, -0.1) is 24.9 Å². The summed E-state index contributed by atoms with van der Waals surface area (Å²) in [5.74, 6) is -1.46. The van der Waals surface area contributed by atoms with Crippen LogP contribution in [0.15, 0.2) is 55.6 Å². The molecule has 3 amide bonds. The Morgan fingerprint density at radius 3 is 2.50 bits per heavy atom. The van der Waals surface area contributed by atoms with Gasteiger partial charge in [0.2, 0.25) is 17.7 Å². The van der Waals surface area contributed by atoms with E-state index in [-0.39, 0.29) is 35.5 Å². The number of aliphatic hydroxyl groups excluding tert-OH is 1. The van der Waals surface area contributed by atoms with Crippen LogP contribution in [0.5, 0.6) is 0 Å². The second-order valence-electron chi connectivity index (χ2n) is 10.8. The Hall–Kier alpha value is -2.58. The summed E-state index contributed by atoms with van der Waals surface area (Å²) in [6.07, 6.45) is 5.96. The van der Waals surface area contributed by atoms with Crippen molar-refractivity contribution in [1.82, 2.24) is 14.7 Å². The lowest BCUT2D eigenvalue weighted by molar-refractivity contribution is -0.147. The first kappa shape index (κ1) is 28.4. The zero-order valence-electron chi connectivity index (χ0n) is 22.8. The zero-order chi connectivity index (χ0) is 27.6. The van der Waals surface area contributed by atoms with Crippen LogP contribution in [0.3, 0.4) is 0 Å². The molecule has 3 aliphatic rings. The maximum atomic E-state index is 14.5. The molecule has 0 aromatic heterocycles. The molecule has 3 unspecified atom stereocenters. The van der Waals surface area contributed by atoms with Crippen LogP contribution in [-0.2, 0) is 14.4 Å². The fourth-order valence-corrected chi connectivity index (χ4v) is 9.29. The zero-order valence-corrected chi connectivity index (χ0v) is 23.6. The number of thioether (sulfide) groups is 1. The monoisotopic (exact) mass is 539 g/mol. The van der Waals surface area contributed by atoms with Gasteiger partial charge in [0.15, 0.2) is 0 Å². The van der Waals surface area contributed by atoms with Crippen molar-refractivity contribution < 1.29 is 19.5 Å². The molecular weight excluding hydrogens is 498 g/mol. The fraction of sp³-hybridized carbons (Fsp3) is 0.567. The molecule has 38 heavy (non-hydrogen) atoms. The minimum atomic E-state index is -0.776. The molecule has 1 aromatic carbocycles. The van der Waals surface area contributed by atoms with Crippen molar-refractivity contribution in [2.45, 2.75) is 55.2 Å². The molecule has 0 aliphatic carbocycles. The molecule has 3 heterocycles. The first-order valence-corrected chi connectivity index (χ1v) is 14.6. The molecule has 7 nitrogen and oxygen atoms in total. The number of unbranched alkanes of at least 4 members (excludes halogenated alkanes) is 1. The van der Waals surface area contributed by atoms with E-state index in [9.17, 15) is 19.5 Å². The molecule has 206 valence electrons. The van der Waals surface area contributed by atoms with Crippen LogP contribution in [0.4, 0.5) is 0 Å². The maximum absolute atomic E-state index is 14.5. The molecular formula is C30H41N3O4S. The van der Waals surface area contributed by atoms with Crippen LogP contribution in [0.25, 0.3) is 0 Å². The van der Waals surface area contributed by atoms with Crippen LogP contribution in [-0.4, -0.2) is 86.9 Å². The van der Waals surface area contributed by atoms with Gasteiger partial charge in [-0.3, -0.25) is 14.4 Å². The molecule has 0 saturated carbocycles. The molecule has 1 spiro atoms. The minimum Gasteiger partial charge on any atom is -0.394 e. The van der Waals surface area contributed by atoms with Gasteiger partial charge in [0.05, 0.1) is 29.2 Å². The SMILES string of the molecule is C=CCN(C)C(=O)[C@@H]1[C@@H]2CC(C)C3(S2)C(C(=O)N(CC=C)CCCC)N([C@H](CO)c2ccccc2)C(=O)[C@H]13. The highest BCUT2D eigenvalue weighted by molar-refractivity contribution is 8.02. The molecule has 3 fully saturated rings. The van der Waals surface area contributed by atoms with E-state index in [1.165, 1.54) is 0 Å². The number of likely N-dealkylation sites (N-methyl/N-ethyl adjacent to an activating group) is 1. The average Bonchev–Trinajstić information content (AvgIpc) is 3.51. The minimum absolute atomic E-state index is 0.0241. The molecule has 4 rings (SSSR count). The number of carbonyl (C=O) groups excluding carboxylic acids is 3. The predicted octanol–water partition coefficient (Wildman–Crippen LogP) is 3.52. The van der Waals surface area contributed by atoms with Crippen molar-refractivity contribution in [2.24, 2.45) is 17.8 Å². The Bertz CT molecular complexity index is 1060. The van der Waals surface area contributed by atoms with Gasteiger partial charge in [-0.25, -0.2) is 0 Å². The highest BCUT2D eigenvalue weighted by Gasteiger charge is 2.77. The van der Waals surface area contributed by atoms with E-state index in [4.69, 9.17) is 0 Å². The first-order chi connectivity index (χ1) is 18.3. The number of aliphatic hydroxyl groups is 1. The lowest BCUT2D eigenvalue weighted by Gasteiger charge is -2.42. The summed E-state index contributed by atoms with van der Waals surface area (Å²) in [5, 5.41) is 10.6. The fourth-order valence-electron chi connectivity index (χ4n) is 6.89. The first-order valence-electron chi connectivity index (χ1n) is 13.7. The van der Waals surface area contributed by atoms with Gasteiger partial charge in [-0.2, -0.15) is 0 Å². The third kappa shape index (κ3) is 4.49. The van der Waals surface area contributed by atoms with Crippen molar-refractivity contribution in [3.63, 3.8) is 0 Å². The number of rotatable bonds is 12. The topological polar surface area (TPSA) is 81.2 Å². The van der Waals surface area contributed by atoms with Gasteiger partial charge in [0, 0.05) is 31.9 Å². The van der Waals surface area contributed by atoms with E-state index in [1.807, 2.05) is 30.3 Å². The highest BCUT2D eigenvalue weighted by atomic mass is 32.2. The van der Waals surface area contributed by atoms with Crippen LogP contribution in [0.2, 0.25) is 0 Å². The molecule has 7 atom stereocenters. The number of fused-ring (bicyclic) bond motifs is 1. The quantitative estimate of drug-likeness (QED) is 0.411. The lowest BCUT2D eigenvalue weighted by atomic mass is 9.65. The van der Waals surface area contributed by atoms with Crippen LogP contribution in [0, 0.1) is 17.8 Å². The number of carbonyl (C=O) groups is 3. The molecule has 0 radical (unpaired) electrons. The molecule has 8 heteroatoms. The summed E-state index contributed by atoms with van der Waals surface area (Å²) in [6, 6.07) is 7.95. The molecule has 2 bridgehead atoms. The number of likely N-dealkylation sites (tertiary alicyclic amines) is 1. The van der Waals surface area contributed by atoms with E-state index in [1.54, 1.807) is 45.7 Å². The summed E-state index contributed by atoms with van der Waals surface area (Å²) in [5.41, 5.74) is 0.778. The normalized spacial score (nSPS) is 30.2. The Labute approximate surface area is 230 Å². The number of hydrogen-bond acceptors (Lipinski definition) is 5. The highest BCUT2D eigenvalue weighted by Crippen LogP contribution is 2.69. The van der Waals surface area contributed by atoms with E-state index in [0.717, 1.165) is 24.8 Å². The Balaban J connectivity index is 1.85. The van der Waals surface area contributed by atoms with Gasteiger partial charge in [-0.05, 0) is 24.3 Å². The van der Waals surface area contributed by atoms with Gasteiger partial charge in [-0.1, -0.05) is 62.8 Å². The Kier molecular flexibility index (Phi) is 8.72. The Morgan fingerprint density at radius 2 is 1.89 bits per heavy atom. The van der Waals surface area contributed by atoms with Crippen LogP contribution >= 0.6 is 11.8 Å². The Morgan fingerprint density at radius 1 is 1.21 bits per heavy atom. The summed E-state index contributed by atoms with van der Waals surface area (Å²) < 4.78 is -0.734. The number of benzene rings is 1. The second-order valence-corrected chi connectivity index (χ2v) is 12.4. The summed E-state index contributed by atoms with van der Waals surface area (Å²) >= 11 is 1.67. The number of hydrogen-bond donors (Lipinski definition) is 1. The maximum Gasteiger partial charge on any atom is 0.247 e. The van der Waals surface area contributed by atoms with Crippen LogP contribution in [0.1, 0.15) is 44.7 Å². The van der Waals surface area contributed by atoms with Crippen LogP contribution < -0.4 is 0 Å². The van der Waals surface area contributed by atoms with Crippen molar-refractivity contribution in [1.29, 1.82) is 0 Å². The molecule has 1 aromatic rings. The summed E-state index contributed by atoms with van der Waals surface area (Å²) in [6.45, 7) is 12.9. The lowest BCUT2D eigenvalue weighted by Crippen LogP contribution is -2.58. The van der Waals surface area contributed by atoms with Gasteiger partial charge in [0.1, 0.15) is 6.04 Å². The predicted molar refractivity (Wildman–Crippen MR) is 151 cm³/mol.